The third kappa shape index (κ3) is 2.62. The van der Waals surface area contributed by atoms with Gasteiger partial charge in [0.15, 0.2) is 0 Å². The van der Waals surface area contributed by atoms with Crippen LogP contribution in [0.5, 0.6) is 0 Å². The third-order valence-electron chi connectivity index (χ3n) is 2.51. The molecular weight excluding hydrogens is 224 g/mol. The molecule has 0 unspecified atom stereocenters. The summed E-state index contributed by atoms with van der Waals surface area (Å²) in [6.45, 7) is 5.83. The Balaban J connectivity index is 0.00000128. The normalized spacial score (nSPS) is 12.5. The minimum absolute atomic E-state index is 0. The fourth-order valence-corrected chi connectivity index (χ4v) is 1.70. The SMILES string of the molecule is C=CCNC(=O)c1ccc2c(c1)CNC2.Cl. The van der Waals surface area contributed by atoms with Crippen LogP contribution in [-0.4, -0.2) is 12.5 Å². The molecule has 0 aliphatic carbocycles. The first-order valence-electron chi connectivity index (χ1n) is 5.03. The van der Waals surface area contributed by atoms with Gasteiger partial charge in [0.25, 0.3) is 5.91 Å². The van der Waals surface area contributed by atoms with E-state index in [0.29, 0.717) is 6.54 Å². The van der Waals surface area contributed by atoms with Crippen molar-refractivity contribution < 1.29 is 4.79 Å². The van der Waals surface area contributed by atoms with Crippen LogP contribution < -0.4 is 10.6 Å². The van der Waals surface area contributed by atoms with Gasteiger partial charge in [-0.05, 0) is 23.3 Å². The number of amides is 1. The highest BCUT2D eigenvalue weighted by molar-refractivity contribution is 5.94. The molecule has 0 fully saturated rings. The average molecular weight is 239 g/mol. The summed E-state index contributed by atoms with van der Waals surface area (Å²) < 4.78 is 0. The zero-order valence-corrected chi connectivity index (χ0v) is 9.77. The molecule has 1 aliphatic rings. The topological polar surface area (TPSA) is 41.1 Å². The number of halogens is 1. The number of nitrogens with one attached hydrogen (secondary N) is 2. The van der Waals surface area contributed by atoms with E-state index in [1.54, 1.807) is 6.08 Å². The van der Waals surface area contributed by atoms with Crippen molar-refractivity contribution in [3.8, 4) is 0 Å². The first-order valence-corrected chi connectivity index (χ1v) is 5.03. The van der Waals surface area contributed by atoms with E-state index in [4.69, 9.17) is 0 Å². The number of benzene rings is 1. The first-order chi connectivity index (χ1) is 7.31. The molecule has 1 amide bonds. The molecule has 0 radical (unpaired) electrons. The Hall–Kier alpha value is -1.32. The summed E-state index contributed by atoms with van der Waals surface area (Å²) in [6, 6.07) is 5.83. The van der Waals surface area contributed by atoms with E-state index in [-0.39, 0.29) is 18.3 Å². The van der Waals surface area contributed by atoms with Gasteiger partial charge in [-0.2, -0.15) is 0 Å². The highest BCUT2D eigenvalue weighted by atomic mass is 35.5. The molecule has 86 valence electrons. The van der Waals surface area contributed by atoms with Crippen LogP contribution in [0.25, 0.3) is 0 Å². The highest BCUT2D eigenvalue weighted by Gasteiger charge is 2.12. The van der Waals surface area contributed by atoms with Crippen LogP contribution in [0.15, 0.2) is 30.9 Å². The molecule has 0 saturated carbocycles. The molecule has 1 aromatic carbocycles. The van der Waals surface area contributed by atoms with E-state index < -0.39 is 0 Å². The quantitative estimate of drug-likeness (QED) is 0.786. The predicted molar refractivity (Wildman–Crippen MR) is 66.8 cm³/mol. The lowest BCUT2D eigenvalue weighted by molar-refractivity contribution is 0.0958. The lowest BCUT2D eigenvalue weighted by Crippen LogP contribution is -2.23. The predicted octanol–water partition coefficient (Wildman–Crippen LogP) is 1.63. The zero-order chi connectivity index (χ0) is 10.7. The van der Waals surface area contributed by atoms with Crippen molar-refractivity contribution in [2.75, 3.05) is 6.54 Å². The Morgan fingerprint density at radius 3 is 2.94 bits per heavy atom. The van der Waals surface area contributed by atoms with Crippen molar-refractivity contribution in [3.63, 3.8) is 0 Å². The van der Waals surface area contributed by atoms with Crippen LogP contribution in [0.3, 0.4) is 0 Å². The van der Waals surface area contributed by atoms with Gasteiger partial charge in [0.05, 0.1) is 0 Å². The standard InChI is InChI=1S/C12H14N2O.ClH/c1-2-5-14-12(15)9-3-4-10-7-13-8-11(10)6-9;/h2-4,6,13H,1,5,7-8H2,(H,14,15);1H. The van der Waals surface area contributed by atoms with Gasteiger partial charge in [-0.15, -0.1) is 19.0 Å². The molecule has 2 N–H and O–H groups in total. The maximum Gasteiger partial charge on any atom is 0.251 e. The Bertz CT molecular complexity index is 404. The van der Waals surface area contributed by atoms with E-state index in [0.717, 1.165) is 18.7 Å². The molecule has 0 spiro atoms. The van der Waals surface area contributed by atoms with E-state index in [2.05, 4.69) is 17.2 Å². The van der Waals surface area contributed by atoms with Crippen molar-refractivity contribution in [1.29, 1.82) is 0 Å². The average Bonchev–Trinajstić information content (AvgIpc) is 2.72. The molecule has 1 aromatic rings. The van der Waals surface area contributed by atoms with Crippen LogP contribution >= 0.6 is 12.4 Å². The van der Waals surface area contributed by atoms with Gasteiger partial charge in [0.1, 0.15) is 0 Å². The Morgan fingerprint density at radius 1 is 1.44 bits per heavy atom. The second kappa shape index (κ2) is 5.68. The van der Waals surface area contributed by atoms with Gasteiger partial charge in [-0.1, -0.05) is 12.1 Å². The number of carbonyl (C=O) groups excluding carboxylic acids is 1. The van der Waals surface area contributed by atoms with Crippen molar-refractivity contribution >= 4 is 18.3 Å². The molecule has 4 heteroatoms. The van der Waals surface area contributed by atoms with Gasteiger partial charge in [0.2, 0.25) is 0 Å². The first kappa shape index (κ1) is 12.7. The molecule has 0 bridgehead atoms. The van der Waals surface area contributed by atoms with Gasteiger partial charge in [-0.3, -0.25) is 4.79 Å². The van der Waals surface area contributed by atoms with Crippen molar-refractivity contribution in [2.45, 2.75) is 13.1 Å². The van der Waals surface area contributed by atoms with Crippen LogP contribution in [0.1, 0.15) is 21.5 Å². The van der Waals surface area contributed by atoms with Crippen LogP contribution in [0.4, 0.5) is 0 Å². The van der Waals surface area contributed by atoms with Gasteiger partial charge < -0.3 is 10.6 Å². The van der Waals surface area contributed by atoms with Crippen LogP contribution in [0.2, 0.25) is 0 Å². The number of fused-ring (bicyclic) bond motifs is 1. The molecule has 1 heterocycles. The monoisotopic (exact) mass is 238 g/mol. The lowest BCUT2D eigenvalue weighted by atomic mass is 10.1. The minimum atomic E-state index is -0.0374. The molecule has 0 atom stereocenters. The van der Waals surface area contributed by atoms with E-state index >= 15 is 0 Å². The second-order valence-electron chi connectivity index (χ2n) is 3.59. The molecular formula is C12H15ClN2O. The summed E-state index contributed by atoms with van der Waals surface area (Å²) >= 11 is 0. The minimum Gasteiger partial charge on any atom is -0.349 e. The summed E-state index contributed by atoms with van der Waals surface area (Å²) in [5, 5.41) is 6.01. The van der Waals surface area contributed by atoms with Crippen LogP contribution in [-0.2, 0) is 13.1 Å². The smallest absolute Gasteiger partial charge is 0.251 e. The summed E-state index contributed by atoms with van der Waals surface area (Å²) in [7, 11) is 0. The molecule has 2 rings (SSSR count). The van der Waals surface area contributed by atoms with Crippen molar-refractivity contribution in [2.24, 2.45) is 0 Å². The van der Waals surface area contributed by atoms with Crippen molar-refractivity contribution in [3.05, 3.63) is 47.5 Å². The maximum absolute atomic E-state index is 11.6. The number of hydrogen-bond acceptors (Lipinski definition) is 2. The van der Waals surface area contributed by atoms with Gasteiger partial charge >= 0.3 is 0 Å². The molecule has 16 heavy (non-hydrogen) atoms. The Morgan fingerprint density at radius 2 is 2.19 bits per heavy atom. The zero-order valence-electron chi connectivity index (χ0n) is 8.95. The Labute approximate surface area is 101 Å². The summed E-state index contributed by atoms with van der Waals surface area (Å²) in [5.74, 6) is -0.0374. The van der Waals surface area contributed by atoms with E-state index in [1.165, 1.54) is 11.1 Å². The van der Waals surface area contributed by atoms with Gasteiger partial charge in [-0.25, -0.2) is 0 Å². The molecule has 3 nitrogen and oxygen atoms in total. The van der Waals surface area contributed by atoms with E-state index in [1.807, 2.05) is 18.2 Å². The summed E-state index contributed by atoms with van der Waals surface area (Å²) in [4.78, 5) is 11.6. The van der Waals surface area contributed by atoms with Crippen molar-refractivity contribution in [1.82, 2.24) is 10.6 Å². The fourth-order valence-electron chi connectivity index (χ4n) is 1.70. The number of rotatable bonds is 3. The third-order valence-corrected chi connectivity index (χ3v) is 2.51. The summed E-state index contributed by atoms with van der Waals surface area (Å²) in [5.41, 5.74) is 3.23. The number of carbonyl (C=O) groups is 1. The fraction of sp³-hybridized carbons (Fsp3) is 0.250. The molecule has 0 saturated heterocycles. The molecule has 1 aliphatic heterocycles. The second-order valence-corrected chi connectivity index (χ2v) is 3.59. The van der Waals surface area contributed by atoms with Gasteiger partial charge in [0, 0.05) is 25.2 Å². The maximum atomic E-state index is 11.6. The Kier molecular flexibility index (Phi) is 4.52. The largest absolute Gasteiger partial charge is 0.349 e. The van der Waals surface area contributed by atoms with Crippen LogP contribution in [0, 0.1) is 0 Å². The number of hydrogen-bond donors (Lipinski definition) is 2. The lowest BCUT2D eigenvalue weighted by Gasteiger charge is -2.04. The highest BCUT2D eigenvalue weighted by Crippen LogP contribution is 2.16. The summed E-state index contributed by atoms with van der Waals surface area (Å²) in [6.07, 6.45) is 1.67. The van der Waals surface area contributed by atoms with E-state index in [9.17, 15) is 4.79 Å². The molecule has 0 aromatic heterocycles.